The van der Waals surface area contributed by atoms with Crippen molar-refractivity contribution in [2.24, 2.45) is 5.92 Å². The van der Waals surface area contributed by atoms with E-state index < -0.39 is 6.10 Å². The lowest BCUT2D eigenvalue weighted by molar-refractivity contribution is -0.122. The molecule has 2 atom stereocenters. The van der Waals surface area contributed by atoms with Crippen molar-refractivity contribution in [1.82, 2.24) is 15.2 Å². The number of likely N-dealkylation sites (tertiary alicyclic amines) is 1. The number of aliphatic hydroxyl groups excluding tert-OH is 1. The number of carbonyl (C=O) groups excluding carboxylic acids is 1. The number of aromatic amines is 1. The fraction of sp³-hybridized carbons (Fsp3) is 0.471. The van der Waals surface area contributed by atoms with Gasteiger partial charge in [-0.25, -0.2) is 0 Å². The number of fused-ring (bicyclic) bond motifs is 1. The maximum absolute atomic E-state index is 11.5. The first-order chi connectivity index (χ1) is 11.1. The number of benzene rings is 1. The summed E-state index contributed by atoms with van der Waals surface area (Å²) in [5.74, 6) is 0.826. The van der Waals surface area contributed by atoms with Crippen molar-refractivity contribution in [3.8, 4) is 5.75 Å². The summed E-state index contributed by atoms with van der Waals surface area (Å²) in [5.41, 5.74) is 2.14. The first kappa shape index (κ1) is 15.8. The van der Waals surface area contributed by atoms with Crippen LogP contribution in [0.3, 0.4) is 0 Å². The molecule has 0 radical (unpaired) electrons. The summed E-state index contributed by atoms with van der Waals surface area (Å²) in [6.07, 6.45) is 1.80. The number of nitrogens with zero attached hydrogens (tertiary/aromatic N) is 1. The van der Waals surface area contributed by atoms with E-state index in [0.29, 0.717) is 26.1 Å². The number of ether oxygens (including phenoxy) is 1. The van der Waals surface area contributed by atoms with E-state index in [9.17, 15) is 9.90 Å². The van der Waals surface area contributed by atoms with Crippen LogP contribution in [-0.2, 0) is 11.3 Å². The minimum Gasteiger partial charge on any atom is -0.496 e. The average Bonchev–Trinajstić information content (AvgIpc) is 3.14. The Morgan fingerprint density at radius 3 is 3.00 bits per heavy atom. The van der Waals surface area contributed by atoms with Gasteiger partial charge < -0.3 is 20.1 Å². The standard InChI is InChI=1S/C17H23N3O3/c1-18-16(22)7-12-9-20(10-15(12)21)8-11-3-4-14-13(5-6-19-14)17(11)23-2/h3-6,12,15,19,21H,7-10H2,1-2H3,(H,18,22)/t12-,15-/m1/s1. The molecule has 1 saturated heterocycles. The molecule has 124 valence electrons. The smallest absolute Gasteiger partial charge is 0.220 e. The lowest BCUT2D eigenvalue weighted by atomic mass is 10.0. The van der Waals surface area contributed by atoms with Gasteiger partial charge in [0.05, 0.1) is 13.2 Å². The zero-order chi connectivity index (χ0) is 16.4. The van der Waals surface area contributed by atoms with E-state index in [1.165, 1.54) is 0 Å². The van der Waals surface area contributed by atoms with Crippen LogP contribution in [-0.4, -0.2) is 54.2 Å². The van der Waals surface area contributed by atoms with Gasteiger partial charge in [0.15, 0.2) is 0 Å². The zero-order valence-electron chi connectivity index (χ0n) is 13.5. The normalized spacial score (nSPS) is 21.7. The summed E-state index contributed by atoms with van der Waals surface area (Å²) < 4.78 is 5.59. The van der Waals surface area contributed by atoms with Crippen molar-refractivity contribution in [2.45, 2.75) is 19.1 Å². The third kappa shape index (κ3) is 3.18. The fourth-order valence-electron chi connectivity index (χ4n) is 3.37. The Kier molecular flexibility index (Phi) is 4.54. The van der Waals surface area contributed by atoms with Gasteiger partial charge in [-0.2, -0.15) is 0 Å². The second-order valence-corrected chi connectivity index (χ2v) is 6.10. The minimum atomic E-state index is -0.464. The number of hydrogen-bond donors (Lipinski definition) is 3. The van der Waals surface area contributed by atoms with E-state index in [4.69, 9.17) is 4.74 Å². The summed E-state index contributed by atoms with van der Waals surface area (Å²) in [7, 11) is 3.30. The lowest BCUT2D eigenvalue weighted by Gasteiger charge is -2.18. The van der Waals surface area contributed by atoms with Crippen LogP contribution in [0.2, 0.25) is 0 Å². The molecule has 0 bridgehead atoms. The summed E-state index contributed by atoms with van der Waals surface area (Å²) >= 11 is 0. The Hall–Kier alpha value is -2.05. The molecule has 6 nitrogen and oxygen atoms in total. The first-order valence-corrected chi connectivity index (χ1v) is 7.86. The fourth-order valence-corrected chi connectivity index (χ4v) is 3.37. The van der Waals surface area contributed by atoms with Crippen LogP contribution in [0, 0.1) is 5.92 Å². The van der Waals surface area contributed by atoms with Crippen molar-refractivity contribution < 1.29 is 14.6 Å². The third-order valence-corrected chi connectivity index (χ3v) is 4.57. The van der Waals surface area contributed by atoms with Gasteiger partial charge >= 0.3 is 0 Å². The van der Waals surface area contributed by atoms with Gasteiger partial charge in [-0.1, -0.05) is 6.07 Å². The number of methoxy groups -OCH3 is 1. The number of rotatable bonds is 5. The van der Waals surface area contributed by atoms with E-state index in [1.807, 2.05) is 18.3 Å². The Morgan fingerprint density at radius 1 is 1.43 bits per heavy atom. The molecule has 0 aliphatic carbocycles. The second kappa shape index (κ2) is 6.60. The van der Waals surface area contributed by atoms with Crippen LogP contribution in [0.25, 0.3) is 10.9 Å². The third-order valence-electron chi connectivity index (χ3n) is 4.57. The average molecular weight is 317 g/mol. The molecule has 1 aromatic heterocycles. The monoisotopic (exact) mass is 317 g/mol. The molecule has 0 spiro atoms. The van der Waals surface area contributed by atoms with Gasteiger partial charge in [0, 0.05) is 61.7 Å². The molecule has 3 N–H and O–H groups in total. The zero-order valence-corrected chi connectivity index (χ0v) is 13.5. The van der Waals surface area contributed by atoms with E-state index in [1.54, 1.807) is 14.2 Å². The maximum atomic E-state index is 11.5. The van der Waals surface area contributed by atoms with Crippen molar-refractivity contribution >= 4 is 16.8 Å². The van der Waals surface area contributed by atoms with Crippen LogP contribution in [0.1, 0.15) is 12.0 Å². The number of amides is 1. The lowest BCUT2D eigenvalue weighted by Crippen LogP contribution is -2.27. The molecule has 6 heteroatoms. The van der Waals surface area contributed by atoms with Gasteiger partial charge in [-0.3, -0.25) is 9.69 Å². The summed E-state index contributed by atoms with van der Waals surface area (Å²) in [5, 5.41) is 13.9. The summed E-state index contributed by atoms with van der Waals surface area (Å²) in [6.45, 7) is 1.99. The molecule has 1 aliphatic heterocycles. The Morgan fingerprint density at radius 2 is 2.26 bits per heavy atom. The highest BCUT2D eigenvalue weighted by atomic mass is 16.5. The minimum absolute atomic E-state index is 0.0167. The number of nitrogens with one attached hydrogen (secondary N) is 2. The highest BCUT2D eigenvalue weighted by Gasteiger charge is 2.32. The predicted octanol–water partition coefficient (Wildman–Crippen LogP) is 1.11. The quantitative estimate of drug-likeness (QED) is 0.772. The van der Waals surface area contributed by atoms with Crippen molar-refractivity contribution in [3.63, 3.8) is 0 Å². The molecule has 3 rings (SSSR count). The predicted molar refractivity (Wildman–Crippen MR) is 88.3 cm³/mol. The summed E-state index contributed by atoms with van der Waals surface area (Å²) in [6, 6.07) is 6.10. The number of H-pyrrole nitrogens is 1. The number of hydrogen-bond acceptors (Lipinski definition) is 4. The Balaban J connectivity index is 1.74. The molecule has 0 saturated carbocycles. The van der Waals surface area contributed by atoms with E-state index in [0.717, 1.165) is 22.2 Å². The van der Waals surface area contributed by atoms with Gasteiger partial charge in [0.25, 0.3) is 0 Å². The Labute approximate surface area is 135 Å². The van der Waals surface area contributed by atoms with Crippen molar-refractivity contribution in [1.29, 1.82) is 0 Å². The molecule has 2 heterocycles. The van der Waals surface area contributed by atoms with Crippen LogP contribution < -0.4 is 10.1 Å². The highest BCUT2D eigenvalue weighted by Crippen LogP contribution is 2.31. The van der Waals surface area contributed by atoms with E-state index >= 15 is 0 Å². The molecule has 1 fully saturated rings. The number of aliphatic hydroxyl groups is 1. The largest absolute Gasteiger partial charge is 0.496 e. The molecular weight excluding hydrogens is 294 g/mol. The van der Waals surface area contributed by atoms with Gasteiger partial charge in [0.2, 0.25) is 5.91 Å². The number of β-amino-alcohol motifs (C(OH)–C–C–N with tert-alkyl or cyclic N) is 1. The van der Waals surface area contributed by atoms with Gasteiger partial charge in [-0.05, 0) is 12.1 Å². The molecule has 23 heavy (non-hydrogen) atoms. The molecular formula is C17H23N3O3. The van der Waals surface area contributed by atoms with E-state index in [2.05, 4.69) is 21.3 Å². The van der Waals surface area contributed by atoms with Crippen molar-refractivity contribution in [2.75, 3.05) is 27.2 Å². The van der Waals surface area contributed by atoms with Crippen LogP contribution in [0.15, 0.2) is 24.4 Å². The molecule has 0 unspecified atom stereocenters. The molecule has 1 aromatic carbocycles. The topological polar surface area (TPSA) is 77.6 Å². The summed E-state index contributed by atoms with van der Waals surface area (Å²) in [4.78, 5) is 16.9. The highest BCUT2D eigenvalue weighted by molar-refractivity contribution is 5.87. The molecule has 1 aliphatic rings. The molecule has 1 amide bonds. The van der Waals surface area contributed by atoms with E-state index in [-0.39, 0.29) is 11.8 Å². The second-order valence-electron chi connectivity index (χ2n) is 6.10. The van der Waals surface area contributed by atoms with Gasteiger partial charge in [-0.15, -0.1) is 0 Å². The van der Waals surface area contributed by atoms with Gasteiger partial charge in [0.1, 0.15) is 5.75 Å². The van der Waals surface area contributed by atoms with Crippen LogP contribution in [0.4, 0.5) is 0 Å². The first-order valence-electron chi connectivity index (χ1n) is 7.86. The number of carbonyl (C=O) groups is 1. The van der Waals surface area contributed by atoms with Crippen LogP contribution in [0.5, 0.6) is 5.75 Å². The van der Waals surface area contributed by atoms with Crippen molar-refractivity contribution in [3.05, 3.63) is 30.0 Å². The maximum Gasteiger partial charge on any atom is 0.220 e. The SMILES string of the molecule is CNC(=O)C[C@@H]1CN(Cc2ccc3[nH]ccc3c2OC)C[C@H]1O. The van der Waals surface area contributed by atoms with Crippen LogP contribution >= 0.6 is 0 Å². The Bertz CT molecular complexity index is 697. The number of aromatic nitrogens is 1. The molecule has 2 aromatic rings.